The fourth-order valence-electron chi connectivity index (χ4n) is 1.13. The summed E-state index contributed by atoms with van der Waals surface area (Å²) in [5, 5.41) is 0. The van der Waals surface area contributed by atoms with Gasteiger partial charge in [-0.3, -0.25) is 9.59 Å². The first-order valence-electron chi connectivity index (χ1n) is 5.01. The van der Waals surface area contributed by atoms with Crippen LogP contribution >= 0.6 is 0 Å². The lowest BCUT2D eigenvalue weighted by molar-refractivity contribution is -0.138. The Labute approximate surface area is 95.3 Å². The Kier molecular flexibility index (Phi) is 8.44. The van der Waals surface area contributed by atoms with E-state index in [2.05, 4.69) is 9.47 Å². The standard InChI is InChI=1S/C12H14O4/c1-3-15-11(13)9-7-5-6-8-10-12(14)16-4-2/h1-2H,5-10H2. The summed E-state index contributed by atoms with van der Waals surface area (Å²) in [7, 11) is 0. The third kappa shape index (κ3) is 8.65. The molecule has 0 aromatic carbocycles. The number of unbranched alkanes of at least 4 members (excludes halogenated alkanes) is 3. The number of carbonyl (C=O) groups is 2. The first kappa shape index (κ1) is 14.1. The molecule has 0 aliphatic carbocycles. The van der Waals surface area contributed by atoms with E-state index in [9.17, 15) is 9.59 Å². The average molecular weight is 222 g/mol. The second-order valence-corrected chi connectivity index (χ2v) is 3.10. The summed E-state index contributed by atoms with van der Waals surface area (Å²) in [5.74, 6) is -0.788. The third-order valence-corrected chi connectivity index (χ3v) is 1.86. The van der Waals surface area contributed by atoms with E-state index in [1.807, 2.05) is 12.2 Å². The number of ether oxygens (including phenoxy) is 2. The molecule has 0 amide bonds. The molecule has 0 spiro atoms. The number of hydrogen-bond acceptors (Lipinski definition) is 4. The zero-order valence-corrected chi connectivity index (χ0v) is 9.03. The van der Waals surface area contributed by atoms with E-state index in [0.717, 1.165) is 12.8 Å². The molecular formula is C12H14O4. The number of hydrogen-bond donors (Lipinski definition) is 0. The van der Waals surface area contributed by atoms with Crippen LogP contribution in [0.5, 0.6) is 0 Å². The monoisotopic (exact) mass is 222 g/mol. The molecule has 16 heavy (non-hydrogen) atoms. The highest BCUT2D eigenvalue weighted by atomic mass is 16.5. The molecule has 0 bridgehead atoms. The maximum Gasteiger partial charge on any atom is 0.319 e. The Morgan fingerprint density at radius 3 is 1.50 bits per heavy atom. The van der Waals surface area contributed by atoms with E-state index in [1.165, 1.54) is 0 Å². The van der Waals surface area contributed by atoms with Crippen LogP contribution in [0.25, 0.3) is 0 Å². The van der Waals surface area contributed by atoms with E-state index < -0.39 is 11.9 Å². The molecule has 86 valence electrons. The van der Waals surface area contributed by atoms with E-state index in [4.69, 9.17) is 12.8 Å². The minimum absolute atomic E-state index is 0.305. The summed E-state index contributed by atoms with van der Waals surface area (Å²) >= 11 is 0. The minimum atomic E-state index is -0.394. The predicted octanol–water partition coefficient (Wildman–Crippen LogP) is 1.59. The molecular weight excluding hydrogens is 208 g/mol. The van der Waals surface area contributed by atoms with Crippen molar-refractivity contribution in [3.63, 3.8) is 0 Å². The summed E-state index contributed by atoms with van der Waals surface area (Å²) < 4.78 is 8.62. The molecule has 0 aromatic heterocycles. The van der Waals surface area contributed by atoms with Crippen molar-refractivity contribution in [2.45, 2.75) is 38.5 Å². The van der Waals surface area contributed by atoms with Gasteiger partial charge in [0, 0.05) is 12.8 Å². The molecule has 0 aromatic rings. The van der Waals surface area contributed by atoms with Crippen molar-refractivity contribution in [1.82, 2.24) is 0 Å². The van der Waals surface area contributed by atoms with Crippen LogP contribution in [-0.2, 0) is 19.1 Å². The highest BCUT2D eigenvalue weighted by molar-refractivity contribution is 5.70. The van der Waals surface area contributed by atoms with E-state index in [1.54, 1.807) is 0 Å². The van der Waals surface area contributed by atoms with Crippen molar-refractivity contribution in [1.29, 1.82) is 0 Å². The minimum Gasteiger partial charge on any atom is -0.372 e. The van der Waals surface area contributed by atoms with Crippen LogP contribution < -0.4 is 0 Å². The second kappa shape index (κ2) is 9.61. The molecule has 0 fully saturated rings. The number of rotatable bonds is 7. The van der Waals surface area contributed by atoms with Crippen molar-refractivity contribution in [3.05, 3.63) is 0 Å². The van der Waals surface area contributed by atoms with E-state index in [0.29, 0.717) is 25.7 Å². The summed E-state index contributed by atoms with van der Waals surface area (Å²) in [4.78, 5) is 21.6. The van der Waals surface area contributed by atoms with Crippen LogP contribution in [0.15, 0.2) is 0 Å². The lowest BCUT2D eigenvalue weighted by Crippen LogP contribution is -2.00. The van der Waals surface area contributed by atoms with Crippen molar-refractivity contribution >= 4 is 11.9 Å². The number of terminal acetylenes is 2. The Bertz CT molecular complexity index is 274. The summed E-state index contributed by atoms with van der Waals surface area (Å²) in [5.41, 5.74) is 0. The average Bonchev–Trinajstić information content (AvgIpc) is 2.24. The van der Waals surface area contributed by atoms with Crippen LogP contribution in [-0.4, -0.2) is 11.9 Å². The van der Waals surface area contributed by atoms with Crippen molar-refractivity contribution < 1.29 is 19.1 Å². The molecule has 4 heteroatoms. The van der Waals surface area contributed by atoms with Crippen LogP contribution in [0.3, 0.4) is 0 Å². The van der Waals surface area contributed by atoms with Crippen LogP contribution in [0, 0.1) is 25.1 Å². The Morgan fingerprint density at radius 2 is 1.19 bits per heavy atom. The van der Waals surface area contributed by atoms with Gasteiger partial charge in [-0.25, -0.2) is 0 Å². The SMILES string of the molecule is C#COC(=O)CCCCCCC(=O)OC#C. The van der Waals surface area contributed by atoms with Gasteiger partial charge in [0.2, 0.25) is 0 Å². The van der Waals surface area contributed by atoms with Gasteiger partial charge < -0.3 is 9.47 Å². The summed E-state index contributed by atoms with van der Waals surface area (Å²) in [6, 6.07) is 0. The lowest BCUT2D eigenvalue weighted by atomic mass is 10.1. The molecule has 0 aliphatic heterocycles. The van der Waals surface area contributed by atoms with Crippen molar-refractivity contribution in [2.75, 3.05) is 0 Å². The normalized spacial score (nSPS) is 8.62. The van der Waals surface area contributed by atoms with Gasteiger partial charge in [-0.2, -0.15) is 0 Å². The van der Waals surface area contributed by atoms with Gasteiger partial charge >= 0.3 is 11.9 Å². The smallest absolute Gasteiger partial charge is 0.319 e. The highest BCUT2D eigenvalue weighted by Crippen LogP contribution is 2.06. The maximum absolute atomic E-state index is 10.8. The molecule has 0 aliphatic rings. The zero-order chi connectivity index (χ0) is 12.2. The van der Waals surface area contributed by atoms with Crippen LogP contribution in [0.4, 0.5) is 0 Å². The third-order valence-electron chi connectivity index (χ3n) is 1.86. The molecule has 0 N–H and O–H groups in total. The second-order valence-electron chi connectivity index (χ2n) is 3.10. The fraction of sp³-hybridized carbons (Fsp3) is 0.500. The first-order valence-corrected chi connectivity index (χ1v) is 5.01. The highest BCUT2D eigenvalue weighted by Gasteiger charge is 2.03. The summed E-state index contributed by atoms with van der Waals surface area (Å²) in [6.45, 7) is 0. The predicted molar refractivity (Wildman–Crippen MR) is 57.6 cm³/mol. The van der Waals surface area contributed by atoms with Crippen molar-refractivity contribution in [3.8, 4) is 25.1 Å². The van der Waals surface area contributed by atoms with Crippen LogP contribution in [0.2, 0.25) is 0 Å². The van der Waals surface area contributed by atoms with Gasteiger partial charge in [0.25, 0.3) is 0 Å². The molecule has 0 radical (unpaired) electrons. The molecule has 0 heterocycles. The van der Waals surface area contributed by atoms with E-state index in [-0.39, 0.29) is 0 Å². The molecule has 0 unspecified atom stereocenters. The Morgan fingerprint density at radius 1 is 0.812 bits per heavy atom. The molecule has 0 saturated heterocycles. The lowest BCUT2D eigenvalue weighted by Gasteiger charge is -1.99. The van der Waals surface area contributed by atoms with Crippen LogP contribution in [0.1, 0.15) is 38.5 Å². The quantitative estimate of drug-likeness (QED) is 0.373. The van der Waals surface area contributed by atoms with E-state index >= 15 is 0 Å². The molecule has 0 saturated carbocycles. The van der Waals surface area contributed by atoms with Gasteiger partial charge in [-0.1, -0.05) is 25.7 Å². The van der Waals surface area contributed by atoms with Gasteiger partial charge in [0.1, 0.15) is 12.2 Å². The van der Waals surface area contributed by atoms with Gasteiger partial charge in [0.15, 0.2) is 0 Å². The Balaban J connectivity index is 3.29. The van der Waals surface area contributed by atoms with Crippen molar-refractivity contribution in [2.24, 2.45) is 0 Å². The summed E-state index contributed by atoms with van der Waals surface area (Å²) in [6.07, 6.45) is 16.9. The fourth-order valence-corrected chi connectivity index (χ4v) is 1.13. The topological polar surface area (TPSA) is 52.6 Å². The number of carbonyl (C=O) groups excluding carboxylic acids is 2. The van der Waals surface area contributed by atoms with Gasteiger partial charge in [0.05, 0.1) is 0 Å². The molecule has 0 rings (SSSR count). The molecule has 0 atom stereocenters. The Hall–Kier alpha value is -1.94. The molecule has 4 nitrogen and oxygen atoms in total. The zero-order valence-electron chi connectivity index (χ0n) is 9.03. The van der Waals surface area contributed by atoms with Gasteiger partial charge in [-0.05, 0) is 12.8 Å². The van der Waals surface area contributed by atoms with Gasteiger partial charge in [-0.15, -0.1) is 0 Å². The largest absolute Gasteiger partial charge is 0.372 e. The number of esters is 2. The first-order chi connectivity index (χ1) is 7.70. The maximum atomic E-state index is 10.8.